The zero-order valence-electron chi connectivity index (χ0n) is 16.0. The average Bonchev–Trinajstić information content (AvgIpc) is 2.70. The fourth-order valence-corrected chi connectivity index (χ4v) is 4.71. The van der Waals surface area contributed by atoms with E-state index in [1.807, 2.05) is 0 Å². The molecule has 1 amide bonds. The standard InChI is InChI=1S/C19H18ClF4N3O3S/c20-16-11-14(21)3-6-17(16)25-18(28)12-26-7-9-27(10-8-26)31(29,30)15-4-1-13(2-5-15)19(22,23)24/h1-6,11H,7-10,12H2,(H,25,28). The second-order valence-corrected chi connectivity index (χ2v) is 9.22. The van der Waals surface area contributed by atoms with Crippen molar-refractivity contribution in [2.45, 2.75) is 11.1 Å². The Morgan fingerprint density at radius 3 is 2.19 bits per heavy atom. The van der Waals surface area contributed by atoms with Crippen LogP contribution >= 0.6 is 11.6 Å². The van der Waals surface area contributed by atoms with Crippen LogP contribution in [0.25, 0.3) is 0 Å². The van der Waals surface area contributed by atoms with E-state index in [0.29, 0.717) is 0 Å². The number of hydrogen-bond acceptors (Lipinski definition) is 4. The molecule has 1 aliphatic heterocycles. The quantitative estimate of drug-likeness (QED) is 0.667. The van der Waals surface area contributed by atoms with Gasteiger partial charge in [0.2, 0.25) is 15.9 Å². The number of nitrogens with one attached hydrogen (secondary N) is 1. The van der Waals surface area contributed by atoms with Gasteiger partial charge in [0.1, 0.15) is 5.82 Å². The number of alkyl halides is 3. The number of carbonyl (C=O) groups excluding carboxylic acids is 1. The number of hydrogen-bond donors (Lipinski definition) is 1. The maximum Gasteiger partial charge on any atom is 0.416 e. The average molecular weight is 480 g/mol. The lowest BCUT2D eigenvalue weighted by Crippen LogP contribution is -2.50. The minimum absolute atomic E-state index is 0.0259. The molecule has 31 heavy (non-hydrogen) atoms. The number of halogens is 5. The summed E-state index contributed by atoms with van der Waals surface area (Å²) in [5.74, 6) is -0.930. The maximum atomic E-state index is 13.1. The van der Waals surface area contributed by atoms with Crippen molar-refractivity contribution in [3.63, 3.8) is 0 Å². The van der Waals surface area contributed by atoms with Crippen LogP contribution in [-0.2, 0) is 21.0 Å². The maximum absolute atomic E-state index is 13.1. The molecule has 0 aromatic heterocycles. The largest absolute Gasteiger partial charge is 0.416 e. The zero-order valence-corrected chi connectivity index (χ0v) is 17.6. The van der Waals surface area contributed by atoms with Gasteiger partial charge in [-0.05, 0) is 42.5 Å². The first kappa shape index (κ1) is 23.5. The molecule has 0 radical (unpaired) electrons. The van der Waals surface area contributed by atoms with Gasteiger partial charge in [0.05, 0.1) is 27.7 Å². The molecule has 12 heteroatoms. The predicted molar refractivity (Wildman–Crippen MR) is 107 cm³/mol. The van der Waals surface area contributed by atoms with Crippen molar-refractivity contribution >= 4 is 33.2 Å². The summed E-state index contributed by atoms with van der Waals surface area (Å²) >= 11 is 5.87. The molecule has 1 heterocycles. The van der Waals surface area contributed by atoms with Crippen molar-refractivity contribution in [3.05, 3.63) is 58.9 Å². The molecule has 0 spiro atoms. The SMILES string of the molecule is O=C(CN1CCN(S(=O)(=O)c2ccc(C(F)(F)F)cc2)CC1)Nc1ccc(F)cc1Cl. The summed E-state index contributed by atoms with van der Waals surface area (Å²) in [6.45, 7) is 0.638. The van der Waals surface area contributed by atoms with E-state index in [1.165, 1.54) is 10.4 Å². The highest BCUT2D eigenvalue weighted by Crippen LogP contribution is 2.30. The van der Waals surface area contributed by atoms with Gasteiger partial charge in [-0.1, -0.05) is 11.6 Å². The number of sulfonamides is 1. The summed E-state index contributed by atoms with van der Waals surface area (Å²) < 4.78 is 77.6. The Balaban J connectivity index is 1.56. The van der Waals surface area contributed by atoms with Crippen LogP contribution in [-0.4, -0.2) is 56.3 Å². The smallest absolute Gasteiger partial charge is 0.324 e. The number of anilines is 1. The van der Waals surface area contributed by atoms with E-state index >= 15 is 0 Å². The number of nitrogens with zero attached hydrogens (tertiary/aromatic N) is 2. The lowest BCUT2D eigenvalue weighted by molar-refractivity contribution is -0.137. The number of rotatable bonds is 5. The molecule has 6 nitrogen and oxygen atoms in total. The van der Waals surface area contributed by atoms with Crippen molar-refractivity contribution in [2.75, 3.05) is 38.0 Å². The van der Waals surface area contributed by atoms with Crippen molar-refractivity contribution in [1.82, 2.24) is 9.21 Å². The Morgan fingerprint density at radius 1 is 1.03 bits per heavy atom. The lowest BCUT2D eigenvalue weighted by Gasteiger charge is -2.33. The molecule has 0 bridgehead atoms. The van der Waals surface area contributed by atoms with Gasteiger partial charge in [0.25, 0.3) is 0 Å². The fraction of sp³-hybridized carbons (Fsp3) is 0.316. The monoisotopic (exact) mass is 479 g/mol. The fourth-order valence-electron chi connectivity index (χ4n) is 3.08. The third-order valence-electron chi connectivity index (χ3n) is 4.72. The van der Waals surface area contributed by atoms with Gasteiger partial charge >= 0.3 is 6.18 Å². The minimum atomic E-state index is -4.55. The first-order valence-electron chi connectivity index (χ1n) is 9.11. The molecule has 1 fully saturated rings. The zero-order chi connectivity index (χ0) is 22.8. The highest BCUT2D eigenvalue weighted by atomic mass is 35.5. The van der Waals surface area contributed by atoms with Crippen molar-refractivity contribution in [1.29, 1.82) is 0 Å². The Kier molecular flexibility index (Phi) is 6.89. The highest BCUT2D eigenvalue weighted by Gasteiger charge is 2.32. The van der Waals surface area contributed by atoms with E-state index in [0.717, 1.165) is 36.4 Å². The van der Waals surface area contributed by atoms with Crippen LogP contribution in [0.3, 0.4) is 0 Å². The van der Waals surface area contributed by atoms with Crippen LogP contribution in [0.4, 0.5) is 23.2 Å². The third kappa shape index (κ3) is 5.73. The number of amides is 1. The summed E-state index contributed by atoms with van der Waals surface area (Å²) in [5, 5.41) is 2.62. The van der Waals surface area contributed by atoms with Gasteiger partial charge < -0.3 is 5.32 Å². The topological polar surface area (TPSA) is 69.7 Å². The van der Waals surface area contributed by atoms with Crippen LogP contribution in [0, 0.1) is 5.82 Å². The first-order chi connectivity index (χ1) is 14.5. The van der Waals surface area contributed by atoms with Gasteiger partial charge in [-0.25, -0.2) is 12.8 Å². The molecule has 1 saturated heterocycles. The molecule has 3 rings (SSSR count). The van der Waals surface area contributed by atoms with Crippen LogP contribution < -0.4 is 5.32 Å². The normalized spacial score (nSPS) is 16.3. The van der Waals surface area contributed by atoms with Crippen molar-refractivity contribution < 1.29 is 30.8 Å². The molecule has 0 atom stereocenters. The van der Waals surface area contributed by atoms with E-state index in [9.17, 15) is 30.8 Å². The van der Waals surface area contributed by atoms with E-state index in [2.05, 4.69) is 5.32 Å². The van der Waals surface area contributed by atoms with E-state index < -0.39 is 33.5 Å². The van der Waals surface area contributed by atoms with Gasteiger partial charge in [-0.15, -0.1) is 0 Å². The summed E-state index contributed by atoms with van der Waals surface area (Å²) in [7, 11) is -3.95. The van der Waals surface area contributed by atoms with E-state index in [4.69, 9.17) is 11.6 Å². The van der Waals surface area contributed by atoms with E-state index in [-0.39, 0.29) is 48.3 Å². The second-order valence-electron chi connectivity index (χ2n) is 6.87. The third-order valence-corrected chi connectivity index (χ3v) is 6.95. The molecule has 1 aliphatic rings. The predicted octanol–water partition coefficient (Wildman–Crippen LogP) is 3.44. The molecule has 2 aromatic rings. The van der Waals surface area contributed by atoms with E-state index in [1.54, 1.807) is 4.90 Å². The molecule has 1 N–H and O–H groups in total. The highest BCUT2D eigenvalue weighted by molar-refractivity contribution is 7.89. The Hall–Kier alpha value is -2.21. The van der Waals surface area contributed by atoms with Gasteiger partial charge in [0.15, 0.2) is 0 Å². The Labute approximate surface area is 181 Å². The molecule has 0 saturated carbocycles. The van der Waals surface area contributed by atoms with Crippen LogP contribution in [0.2, 0.25) is 5.02 Å². The minimum Gasteiger partial charge on any atom is -0.324 e. The summed E-state index contributed by atoms with van der Waals surface area (Å²) in [6, 6.07) is 6.90. The van der Waals surface area contributed by atoms with Crippen LogP contribution in [0.1, 0.15) is 5.56 Å². The first-order valence-corrected chi connectivity index (χ1v) is 10.9. The summed E-state index contributed by atoms with van der Waals surface area (Å²) in [4.78, 5) is 13.7. The molecular formula is C19H18ClF4N3O3S. The Bertz CT molecular complexity index is 1050. The Morgan fingerprint density at radius 2 is 1.65 bits per heavy atom. The summed E-state index contributed by atoms with van der Waals surface area (Å²) in [6.07, 6.45) is -4.55. The molecule has 168 valence electrons. The second kappa shape index (κ2) is 9.11. The van der Waals surface area contributed by atoms with Gasteiger partial charge in [-0.3, -0.25) is 9.69 Å². The van der Waals surface area contributed by atoms with Crippen molar-refractivity contribution in [2.24, 2.45) is 0 Å². The van der Waals surface area contributed by atoms with Gasteiger partial charge in [-0.2, -0.15) is 17.5 Å². The van der Waals surface area contributed by atoms with Crippen LogP contribution in [0.5, 0.6) is 0 Å². The lowest BCUT2D eigenvalue weighted by atomic mass is 10.2. The molecular weight excluding hydrogens is 462 g/mol. The molecule has 0 aliphatic carbocycles. The molecule has 2 aromatic carbocycles. The number of benzene rings is 2. The molecule has 0 unspecified atom stereocenters. The van der Waals surface area contributed by atoms with Crippen molar-refractivity contribution in [3.8, 4) is 0 Å². The number of piperazine rings is 1. The van der Waals surface area contributed by atoms with Crippen LogP contribution in [0.15, 0.2) is 47.4 Å². The van der Waals surface area contributed by atoms with Gasteiger partial charge in [0, 0.05) is 26.2 Å². The number of carbonyl (C=O) groups is 1. The summed E-state index contributed by atoms with van der Waals surface area (Å²) in [5.41, 5.74) is -0.667.